The van der Waals surface area contributed by atoms with Gasteiger partial charge in [0.15, 0.2) is 0 Å². The van der Waals surface area contributed by atoms with E-state index in [-0.39, 0.29) is 18.4 Å². The molecule has 4 rings (SSSR count). The van der Waals surface area contributed by atoms with Crippen LogP contribution in [-0.4, -0.2) is 48.5 Å². The lowest BCUT2D eigenvalue weighted by Gasteiger charge is -2.17. The SMILES string of the molecule is C=C(CN1Cc2c(ccc3ccc(-c4ccccn4)cc23)C1=O)C(=O)NCCOC. The molecule has 0 spiro atoms. The molecule has 0 saturated heterocycles. The minimum absolute atomic E-state index is 0.0824. The van der Waals surface area contributed by atoms with E-state index in [2.05, 4.69) is 29.0 Å². The zero-order chi connectivity index (χ0) is 21.1. The number of carbonyl (C=O) groups is 2. The molecular weight excluding hydrogens is 378 g/mol. The summed E-state index contributed by atoms with van der Waals surface area (Å²) in [5, 5.41) is 4.84. The van der Waals surface area contributed by atoms with Gasteiger partial charge >= 0.3 is 0 Å². The number of ether oxygens (including phenoxy) is 1. The normalized spacial score (nSPS) is 12.8. The van der Waals surface area contributed by atoms with Gasteiger partial charge < -0.3 is 15.0 Å². The first-order valence-corrected chi connectivity index (χ1v) is 9.79. The second kappa shape index (κ2) is 8.47. The topological polar surface area (TPSA) is 71.5 Å². The average molecular weight is 401 g/mol. The molecule has 30 heavy (non-hydrogen) atoms. The van der Waals surface area contributed by atoms with Crippen LogP contribution in [0.3, 0.4) is 0 Å². The van der Waals surface area contributed by atoms with Gasteiger partial charge in [-0.3, -0.25) is 14.6 Å². The zero-order valence-electron chi connectivity index (χ0n) is 16.9. The van der Waals surface area contributed by atoms with Gasteiger partial charge in [0.25, 0.3) is 5.91 Å². The van der Waals surface area contributed by atoms with Gasteiger partial charge in [-0.15, -0.1) is 0 Å². The molecule has 1 aliphatic heterocycles. The monoisotopic (exact) mass is 401 g/mol. The van der Waals surface area contributed by atoms with Crippen LogP contribution in [0.2, 0.25) is 0 Å². The van der Waals surface area contributed by atoms with E-state index in [0.717, 1.165) is 27.6 Å². The number of aromatic nitrogens is 1. The third-order valence-corrected chi connectivity index (χ3v) is 5.25. The standard InChI is InChI=1S/C24H23N3O3/c1-16(23(28)26-11-12-30-2)14-27-15-21-19(24(27)29)9-8-17-6-7-18(13-20(17)21)22-5-3-4-10-25-22/h3-10,13H,1,11-12,14-15H2,2H3,(H,26,28). The number of hydrogen-bond donors (Lipinski definition) is 1. The fourth-order valence-electron chi connectivity index (χ4n) is 3.70. The highest BCUT2D eigenvalue weighted by molar-refractivity contribution is 6.05. The van der Waals surface area contributed by atoms with E-state index in [1.54, 1.807) is 18.2 Å². The molecule has 152 valence electrons. The van der Waals surface area contributed by atoms with E-state index in [0.29, 0.717) is 30.8 Å². The van der Waals surface area contributed by atoms with E-state index in [9.17, 15) is 9.59 Å². The minimum atomic E-state index is -0.266. The first kappa shape index (κ1) is 19.8. The molecule has 1 aliphatic rings. The first-order chi connectivity index (χ1) is 14.6. The van der Waals surface area contributed by atoms with E-state index < -0.39 is 0 Å². The van der Waals surface area contributed by atoms with Crippen molar-refractivity contribution in [3.8, 4) is 11.3 Å². The molecule has 1 aromatic heterocycles. The van der Waals surface area contributed by atoms with Gasteiger partial charge in [0.1, 0.15) is 0 Å². The van der Waals surface area contributed by atoms with Gasteiger partial charge in [-0.2, -0.15) is 0 Å². The Kier molecular flexibility index (Phi) is 5.59. The summed E-state index contributed by atoms with van der Waals surface area (Å²) < 4.78 is 4.93. The molecule has 0 unspecified atom stereocenters. The van der Waals surface area contributed by atoms with Crippen molar-refractivity contribution in [1.29, 1.82) is 0 Å². The van der Waals surface area contributed by atoms with Crippen LogP contribution in [0.5, 0.6) is 0 Å². The van der Waals surface area contributed by atoms with Crippen molar-refractivity contribution in [2.24, 2.45) is 0 Å². The molecular formula is C24H23N3O3. The Morgan fingerprint density at radius 2 is 2.07 bits per heavy atom. The molecule has 0 bridgehead atoms. The van der Waals surface area contributed by atoms with Crippen molar-refractivity contribution in [3.63, 3.8) is 0 Å². The lowest BCUT2D eigenvalue weighted by Crippen LogP contribution is -2.34. The zero-order valence-corrected chi connectivity index (χ0v) is 16.9. The fraction of sp³-hybridized carbons (Fsp3) is 0.208. The summed E-state index contributed by atoms with van der Waals surface area (Å²) >= 11 is 0. The number of methoxy groups -OCH3 is 1. The van der Waals surface area contributed by atoms with E-state index in [1.807, 2.05) is 36.4 Å². The van der Waals surface area contributed by atoms with E-state index in [4.69, 9.17) is 4.74 Å². The van der Waals surface area contributed by atoms with Crippen LogP contribution in [0.25, 0.3) is 22.0 Å². The molecule has 3 aromatic rings. The quantitative estimate of drug-likeness (QED) is 0.488. The molecule has 2 heterocycles. The van der Waals surface area contributed by atoms with Crippen LogP contribution in [0.1, 0.15) is 15.9 Å². The molecule has 0 radical (unpaired) electrons. The highest BCUT2D eigenvalue weighted by Gasteiger charge is 2.30. The number of nitrogens with zero attached hydrogens (tertiary/aromatic N) is 2. The molecule has 0 saturated carbocycles. The molecule has 2 aromatic carbocycles. The van der Waals surface area contributed by atoms with Crippen LogP contribution >= 0.6 is 0 Å². The second-order valence-corrected chi connectivity index (χ2v) is 7.26. The summed E-state index contributed by atoms with van der Waals surface area (Å²) in [5.74, 6) is -0.348. The summed E-state index contributed by atoms with van der Waals surface area (Å²) in [6.45, 7) is 5.32. The minimum Gasteiger partial charge on any atom is -0.383 e. The highest BCUT2D eigenvalue weighted by atomic mass is 16.5. The van der Waals surface area contributed by atoms with E-state index >= 15 is 0 Å². The van der Waals surface area contributed by atoms with Gasteiger partial charge in [-0.05, 0) is 40.6 Å². The number of hydrogen-bond acceptors (Lipinski definition) is 4. The van der Waals surface area contributed by atoms with Gasteiger partial charge in [-0.25, -0.2) is 0 Å². The number of amides is 2. The fourth-order valence-corrected chi connectivity index (χ4v) is 3.70. The van der Waals surface area contributed by atoms with Crippen LogP contribution < -0.4 is 5.32 Å². The first-order valence-electron chi connectivity index (χ1n) is 9.79. The largest absolute Gasteiger partial charge is 0.383 e. The smallest absolute Gasteiger partial charge is 0.254 e. The number of carbonyl (C=O) groups excluding carboxylic acids is 2. The molecule has 6 heteroatoms. The van der Waals surface area contributed by atoms with Gasteiger partial charge in [0.2, 0.25) is 5.91 Å². The maximum atomic E-state index is 12.9. The number of benzene rings is 2. The van der Waals surface area contributed by atoms with Gasteiger partial charge in [-0.1, -0.05) is 30.8 Å². The Morgan fingerprint density at radius 3 is 2.83 bits per heavy atom. The van der Waals surface area contributed by atoms with Gasteiger partial charge in [0, 0.05) is 43.1 Å². The van der Waals surface area contributed by atoms with Crippen molar-refractivity contribution < 1.29 is 14.3 Å². The molecule has 0 atom stereocenters. The summed E-state index contributed by atoms with van der Waals surface area (Å²) in [6.07, 6.45) is 1.77. The predicted octanol–water partition coefficient (Wildman–Crippen LogP) is 3.18. The van der Waals surface area contributed by atoms with Crippen molar-refractivity contribution >= 4 is 22.6 Å². The molecule has 0 aliphatic carbocycles. The van der Waals surface area contributed by atoms with Crippen molar-refractivity contribution in [1.82, 2.24) is 15.2 Å². The number of rotatable bonds is 7. The van der Waals surface area contributed by atoms with Crippen molar-refractivity contribution in [2.45, 2.75) is 6.54 Å². The van der Waals surface area contributed by atoms with Gasteiger partial charge in [0.05, 0.1) is 18.8 Å². The van der Waals surface area contributed by atoms with E-state index in [1.165, 1.54) is 0 Å². The summed E-state index contributed by atoms with van der Waals surface area (Å²) in [7, 11) is 1.57. The molecule has 0 fully saturated rings. The summed E-state index contributed by atoms with van der Waals surface area (Å²) in [5.41, 5.74) is 3.89. The Labute approximate surface area is 175 Å². The summed E-state index contributed by atoms with van der Waals surface area (Å²) in [4.78, 5) is 31.2. The maximum Gasteiger partial charge on any atom is 0.254 e. The molecule has 2 amide bonds. The predicted molar refractivity (Wildman–Crippen MR) is 116 cm³/mol. The Hall–Kier alpha value is -3.51. The average Bonchev–Trinajstić information content (AvgIpc) is 3.09. The lowest BCUT2D eigenvalue weighted by atomic mass is 9.98. The third kappa shape index (κ3) is 3.82. The number of fused-ring (bicyclic) bond motifs is 3. The third-order valence-electron chi connectivity index (χ3n) is 5.25. The van der Waals surface area contributed by atoms with Crippen molar-refractivity contribution in [3.05, 3.63) is 78.0 Å². The molecule has 6 nitrogen and oxygen atoms in total. The Balaban J connectivity index is 1.58. The second-order valence-electron chi connectivity index (χ2n) is 7.26. The lowest BCUT2D eigenvalue weighted by molar-refractivity contribution is -0.117. The van der Waals surface area contributed by atoms with Crippen molar-refractivity contribution in [2.75, 3.05) is 26.8 Å². The summed E-state index contributed by atoms with van der Waals surface area (Å²) in [6, 6.07) is 15.8. The maximum absolute atomic E-state index is 12.9. The van der Waals surface area contributed by atoms with Crippen LogP contribution in [0.15, 0.2) is 66.9 Å². The number of pyridine rings is 1. The van der Waals surface area contributed by atoms with Crippen LogP contribution in [0.4, 0.5) is 0 Å². The van der Waals surface area contributed by atoms with Crippen LogP contribution in [-0.2, 0) is 16.1 Å². The Bertz CT molecular complexity index is 1130. The van der Waals surface area contributed by atoms with Crippen LogP contribution in [0, 0.1) is 0 Å². The molecule has 1 N–H and O–H groups in total. The highest BCUT2D eigenvalue weighted by Crippen LogP contribution is 2.33. The number of nitrogens with one attached hydrogen (secondary N) is 1. The Morgan fingerprint density at radius 1 is 1.23 bits per heavy atom.